The number of hydrogen-bond acceptors (Lipinski definition) is 3. The van der Waals surface area contributed by atoms with Crippen LogP contribution in [0.4, 0.5) is 4.39 Å². The first-order chi connectivity index (χ1) is 9.65. The Bertz CT molecular complexity index is 520. The van der Waals surface area contributed by atoms with Crippen LogP contribution in [0.5, 0.6) is 5.75 Å². The minimum Gasteiger partial charge on any atom is -0.482 e. The van der Waals surface area contributed by atoms with E-state index >= 15 is 0 Å². The Hall–Kier alpha value is -1.59. The lowest BCUT2D eigenvalue weighted by Gasteiger charge is -2.14. The predicted molar refractivity (Wildman–Crippen MR) is 75.5 cm³/mol. The molecule has 6 heteroatoms. The first-order valence-electron chi connectivity index (χ1n) is 6.38. The summed E-state index contributed by atoms with van der Waals surface area (Å²) in [5.41, 5.74) is 1.21. The van der Waals surface area contributed by atoms with Crippen molar-refractivity contribution in [1.29, 1.82) is 0 Å². The molecule has 1 aromatic rings. The molecule has 1 aliphatic rings. The van der Waals surface area contributed by atoms with Crippen molar-refractivity contribution in [3.8, 4) is 5.75 Å². The third kappa shape index (κ3) is 4.51. The fourth-order valence-electron chi connectivity index (χ4n) is 1.83. The maximum Gasteiger partial charge on any atom is 0.258 e. The zero-order chi connectivity index (χ0) is 14.4. The molecule has 0 saturated heterocycles. The van der Waals surface area contributed by atoms with Gasteiger partial charge in [-0.3, -0.25) is 4.79 Å². The maximum atomic E-state index is 12.8. The van der Waals surface area contributed by atoms with Crippen LogP contribution in [0.3, 0.4) is 0 Å². The molecule has 20 heavy (non-hydrogen) atoms. The molecule has 1 heterocycles. The van der Waals surface area contributed by atoms with Gasteiger partial charge in [-0.25, -0.2) is 4.39 Å². The second-order valence-corrected chi connectivity index (χ2v) is 4.86. The van der Waals surface area contributed by atoms with Crippen LogP contribution >= 0.6 is 11.6 Å². The van der Waals surface area contributed by atoms with Crippen molar-refractivity contribution in [2.24, 2.45) is 0 Å². The van der Waals surface area contributed by atoms with Gasteiger partial charge in [0.05, 0.1) is 5.02 Å². The molecule has 2 N–H and O–H groups in total. The van der Waals surface area contributed by atoms with Crippen molar-refractivity contribution in [3.63, 3.8) is 0 Å². The van der Waals surface area contributed by atoms with E-state index in [1.807, 2.05) is 0 Å². The van der Waals surface area contributed by atoms with Gasteiger partial charge in [-0.1, -0.05) is 23.3 Å². The summed E-state index contributed by atoms with van der Waals surface area (Å²) in [5, 5.41) is 6.13. The first-order valence-corrected chi connectivity index (χ1v) is 6.76. The van der Waals surface area contributed by atoms with Crippen LogP contribution in [0.2, 0.25) is 5.02 Å². The third-order valence-corrected chi connectivity index (χ3v) is 3.22. The van der Waals surface area contributed by atoms with Crippen LogP contribution in [-0.2, 0) is 4.79 Å². The van der Waals surface area contributed by atoms with Crippen molar-refractivity contribution < 1.29 is 13.9 Å². The smallest absolute Gasteiger partial charge is 0.258 e. The molecule has 0 saturated carbocycles. The molecule has 0 aliphatic carbocycles. The number of halogens is 2. The molecular weight excluding hydrogens is 283 g/mol. The number of carbonyl (C=O) groups is 1. The number of amides is 1. The highest BCUT2D eigenvalue weighted by Crippen LogP contribution is 2.24. The van der Waals surface area contributed by atoms with Crippen LogP contribution in [0, 0.1) is 5.82 Å². The Kier molecular flexibility index (Phi) is 5.38. The number of nitrogens with one attached hydrogen (secondary N) is 2. The Morgan fingerprint density at radius 3 is 3.05 bits per heavy atom. The lowest BCUT2D eigenvalue weighted by Crippen LogP contribution is -2.32. The second-order valence-electron chi connectivity index (χ2n) is 4.46. The van der Waals surface area contributed by atoms with Crippen molar-refractivity contribution in [3.05, 3.63) is 40.7 Å². The lowest BCUT2D eigenvalue weighted by atomic mass is 10.1. The fourth-order valence-corrected chi connectivity index (χ4v) is 2.05. The number of carbonyl (C=O) groups excluding carboxylic acids is 1. The van der Waals surface area contributed by atoms with Gasteiger partial charge in [-0.2, -0.15) is 0 Å². The SMILES string of the molecule is O=C(COc1ccc(F)cc1Cl)NCC1=CCNCC1. The predicted octanol–water partition coefficient (Wildman–Crippen LogP) is 1.89. The van der Waals surface area contributed by atoms with E-state index in [0.29, 0.717) is 12.3 Å². The minimum absolute atomic E-state index is 0.142. The molecule has 0 bridgehead atoms. The summed E-state index contributed by atoms with van der Waals surface area (Å²) >= 11 is 5.80. The van der Waals surface area contributed by atoms with Crippen LogP contribution < -0.4 is 15.4 Å². The quantitative estimate of drug-likeness (QED) is 0.816. The van der Waals surface area contributed by atoms with E-state index in [0.717, 1.165) is 25.6 Å². The van der Waals surface area contributed by atoms with Crippen LogP contribution in [0.15, 0.2) is 29.8 Å². The van der Waals surface area contributed by atoms with Crippen molar-refractivity contribution in [2.75, 3.05) is 26.2 Å². The number of ether oxygens (including phenoxy) is 1. The molecule has 1 amide bonds. The van der Waals surface area contributed by atoms with E-state index in [2.05, 4.69) is 16.7 Å². The summed E-state index contributed by atoms with van der Waals surface area (Å²) < 4.78 is 18.1. The average molecular weight is 299 g/mol. The number of benzene rings is 1. The normalized spacial score (nSPS) is 14.6. The number of rotatable bonds is 5. The van der Waals surface area contributed by atoms with Crippen molar-refractivity contribution >= 4 is 17.5 Å². The summed E-state index contributed by atoms with van der Waals surface area (Å²) in [6.45, 7) is 2.16. The molecule has 0 spiro atoms. The molecule has 1 aliphatic heterocycles. The molecule has 0 aromatic heterocycles. The standard InChI is InChI=1S/C14H16ClFN2O2/c15-12-7-11(16)1-2-13(12)20-9-14(19)18-8-10-3-5-17-6-4-10/h1-3,7,17H,4-6,8-9H2,(H,18,19). The van der Waals surface area contributed by atoms with E-state index in [9.17, 15) is 9.18 Å². The van der Waals surface area contributed by atoms with Gasteiger partial charge in [0.1, 0.15) is 11.6 Å². The average Bonchev–Trinajstić information content (AvgIpc) is 2.45. The Morgan fingerprint density at radius 2 is 2.35 bits per heavy atom. The highest BCUT2D eigenvalue weighted by molar-refractivity contribution is 6.32. The van der Waals surface area contributed by atoms with Gasteiger partial charge in [0, 0.05) is 13.1 Å². The topological polar surface area (TPSA) is 50.4 Å². The van der Waals surface area contributed by atoms with Gasteiger partial charge < -0.3 is 15.4 Å². The molecule has 0 radical (unpaired) electrons. The summed E-state index contributed by atoms with van der Waals surface area (Å²) in [5.74, 6) is -0.376. The maximum absolute atomic E-state index is 12.8. The highest BCUT2D eigenvalue weighted by atomic mass is 35.5. The third-order valence-electron chi connectivity index (χ3n) is 2.92. The van der Waals surface area contributed by atoms with Gasteiger partial charge in [0.25, 0.3) is 5.91 Å². The summed E-state index contributed by atoms with van der Waals surface area (Å²) in [6, 6.07) is 3.79. The van der Waals surface area contributed by atoms with Crippen LogP contribution in [0.25, 0.3) is 0 Å². The van der Waals surface area contributed by atoms with Gasteiger partial charge in [0.2, 0.25) is 0 Å². The molecule has 108 valence electrons. The zero-order valence-electron chi connectivity index (χ0n) is 10.9. The van der Waals surface area contributed by atoms with Crippen molar-refractivity contribution in [2.45, 2.75) is 6.42 Å². The molecule has 4 nitrogen and oxygen atoms in total. The van der Waals surface area contributed by atoms with E-state index in [4.69, 9.17) is 16.3 Å². The molecule has 0 unspecified atom stereocenters. The van der Waals surface area contributed by atoms with E-state index < -0.39 is 5.82 Å². The highest BCUT2D eigenvalue weighted by Gasteiger charge is 2.08. The lowest BCUT2D eigenvalue weighted by molar-refractivity contribution is -0.122. The molecule has 0 atom stereocenters. The molecule has 1 aromatic carbocycles. The van der Waals surface area contributed by atoms with E-state index in [1.165, 1.54) is 17.7 Å². The summed E-state index contributed by atoms with van der Waals surface area (Å²) in [7, 11) is 0. The Morgan fingerprint density at radius 1 is 1.50 bits per heavy atom. The van der Waals surface area contributed by atoms with Crippen molar-refractivity contribution in [1.82, 2.24) is 10.6 Å². The van der Waals surface area contributed by atoms with Crippen LogP contribution in [-0.4, -0.2) is 32.1 Å². The van der Waals surface area contributed by atoms with Crippen LogP contribution in [0.1, 0.15) is 6.42 Å². The second kappa shape index (κ2) is 7.26. The Labute approximate surface area is 121 Å². The zero-order valence-corrected chi connectivity index (χ0v) is 11.7. The molecule has 2 rings (SSSR count). The van der Waals surface area contributed by atoms with Gasteiger partial charge in [-0.05, 0) is 31.2 Å². The largest absolute Gasteiger partial charge is 0.482 e. The summed E-state index contributed by atoms with van der Waals surface area (Å²) in [4.78, 5) is 11.6. The first kappa shape index (κ1) is 14.8. The molecular formula is C14H16ClFN2O2. The van der Waals surface area contributed by atoms with Gasteiger partial charge in [-0.15, -0.1) is 0 Å². The number of hydrogen-bond donors (Lipinski definition) is 2. The summed E-state index contributed by atoms with van der Waals surface area (Å²) in [6.07, 6.45) is 3.01. The van der Waals surface area contributed by atoms with E-state index in [1.54, 1.807) is 0 Å². The minimum atomic E-state index is -0.440. The van der Waals surface area contributed by atoms with Gasteiger partial charge in [0.15, 0.2) is 6.61 Å². The monoisotopic (exact) mass is 298 g/mol. The van der Waals surface area contributed by atoms with E-state index in [-0.39, 0.29) is 17.5 Å². The Balaban J connectivity index is 1.75. The molecule has 0 fully saturated rings. The fraction of sp³-hybridized carbons (Fsp3) is 0.357. The van der Waals surface area contributed by atoms with Gasteiger partial charge >= 0.3 is 0 Å².